The van der Waals surface area contributed by atoms with Crippen LogP contribution in [0.15, 0.2) is 60.7 Å². The van der Waals surface area contributed by atoms with E-state index in [0.29, 0.717) is 26.0 Å². The molecule has 0 aliphatic heterocycles. The quantitative estimate of drug-likeness (QED) is 0.508. The van der Waals surface area contributed by atoms with Crippen molar-refractivity contribution in [3.63, 3.8) is 0 Å². The van der Waals surface area contributed by atoms with Crippen LogP contribution in [0.25, 0.3) is 0 Å². The van der Waals surface area contributed by atoms with Crippen molar-refractivity contribution in [2.24, 2.45) is 0 Å². The Morgan fingerprint density at radius 1 is 0.852 bits per heavy atom. The minimum atomic E-state index is 0.387. The number of benzene rings is 2. The van der Waals surface area contributed by atoms with Gasteiger partial charge in [-0.25, -0.2) is 0 Å². The highest BCUT2D eigenvalue weighted by Crippen LogP contribution is 2.03. The van der Waals surface area contributed by atoms with E-state index in [0.717, 1.165) is 32.7 Å². The molecule has 1 atom stereocenters. The maximum Gasteiger partial charge on any atom is 0.0995 e. The monoisotopic (exact) mass is 370 g/mol. The predicted molar refractivity (Wildman–Crippen MR) is 112 cm³/mol. The molecule has 2 aromatic rings. The van der Waals surface area contributed by atoms with Crippen LogP contribution in [0.3, 0.4) is 0 Å². The molecule has 0 saturated carbocycles. The normalized spacial score (nSPS) is 12.4. The van der Waals surface area contributed by atoms with Crippen LogP contribution in [-0.4, -0.2) is 43.9 Å². The molecule has 0 bridgehead atoms. The second-order valence-corrected chi connectivity index (χ2v) is 6.73. The summed E-state index contributed by atoms with van der Waals surface area (Å²) in [6.07, 6.45) is 1.06. The lowest BCUT2D eigenvalue weighted by Crippen LogP contribution is -2.39. The molecule has 0 aromatic heterocycles. The van der Waals surface area contributed by atoms with Gasteiger partial charge in [0, 0.05) is 19.1 Å². The highest BCUT2D eigenvalue weighted by Gasteiger charge is 2.08. The van der Waals surface area contributed by atoms with Crippen molar-refractivity contribution in [1.29, 1.82) is 0 Å². The van der Waals surface area contributed by atoms with Gasteiger partial charge in [0.05, 0.1) is 26.6 Å². The smallest absolute Gasteiger partial charge is 0.0995 e. The number of hydrogen-bond donors (Lipinski definition) is 1. The first-order valence-electron chi connectivity index (χ1n) is 10.0. The molecule has 0 fully saturated rings. The Labute approximate surface area is 164 Å². The molecule has 0 aliphatic carbocycles. The van der Waals surface area contributed by atoms with Gasteiger partial charge in [0.15, 0.2) is 0 Å². The minimum Gasteiger partial charge on any atom is -0.375 e. The molecule has 1 unspecified atom stereocenters. The van der Waals surface area contributed by atoms with Crippen molar-refractivity contribution in [2.45, 2.75) is 39.5 Å². The number of hydrogen-bond acceptors (Lipinski definition) is 4. The molecule has 2 rings (SSSR count). The van der Waals surface area contributed by atoms with Gasteiger partial charge < -0.3 is 14.8 Å². The van der Waals surface area contributed by atoms with E-state index < -0.39 is 0 Å². The summed E-state index contributed by atoms with van der Waals surface area (Å²) in [4.78, 5) is 2.31. The molecule has 0 radical (unpaired) electrons. The molecule has 0 spiro atoms. The summed E-state index contributed by atoms with van der Waals surface area (Å²) in [7, 11) is 0. The van der Waals surface area contributed by atoms with Crippen LogP contribution in [0.5, 0.6) is 0 Å². The van der Waals surface area contributed by atoms with Gasteiger partial charge in [-0.3, -0.25) is 4.90 Å². The third-order valence-electron chi connectivity index (χ3n) is 4.62. The van der Waals surface area contributed by atoms with Gasteiger partial charge in [-0.05, 0) is 24.1 Å². The molecule has 27 heavy (non-hydrogen) atoms. The van der Waals surface area contributed by atoms with Crippen molar-refractivity contribution < 1.29 is 9.47 Å². The average Bonchev–Trinajstić information content (AvgIpc) is 2.73. The first-order chi connectivity index (χ1) is 13.3. The van der Waals surface area contributed by atoms with Crippen molar-refractivity contribution in [1.82, 2.24) is 10.2 Å². The largest absolute Gasteiger partial charge is 0.375 e. The van der Waals surface area contributed by atoms with E-state index in [2.05, 4.69) is 48.3 Å². The lowest BCUT2D eigenvalue weighted by Gasteiger charge is -2.23. The van der Waals surface area contributed by atoms with Crippen LogP contribution in [0.4, 0.5) is 0 Å². The third kappa shape index (κ3) is 9.16. The van der Waals surface area contributed by atoms with Gasteiger partial charge in [-0.2, -0.15) is 0 Å². The fourth-order valence-corrected chi connectivity index (χ4v) is 2.82. The van der Waals surface area contributed by atoms with Crippen molar-refractivity contribution in [2.75, 3.05) is 33.0 Å². The Bertz CT molecular complexity index is 538. The summed E-state index contributed by atoms with van der Waals surface area (Å²) >= 11 is 0. The van der Waals surface area contributed by atoms with Crippen LogP contribution in [0.2, 0.25) is 0 Å². The maximum atomic E-state index is 5.87. The molecular weight excluding hydrogens is 336 g/mol. The Morgan fingerprint density at radius 2 is 1.44 bits per heavy atom. The molecule has 148 valence electrons. The molecular formula is C23H34N2O2. The van der Waals surface area contributed by atoms with Crippen LogP contribution in [0, 0.1) is 0 Å². The van der Waals surface area contributed by atoms with Crippen LogP contribution >= 0.6 is 0 Å². The number of nitrogens with one attached hydrogen (secondary N) is 1. The van der Waals surface area contributed by atoms with E-state index in [4.69, 9.17) is 9.47 Å². The third-order valence-corrected chi connectivity index (χ3v) is 4.62. The molecule has 4 heteroatoms. The summed E-state index contributed by atoms with van der Waals surface area (Å²) in [6.45, 7) is 10.0. The van der Waals surface area contributed by atoms with E-state index in [1.54, 1.807) is 0 Å². The average molecular weight is 371 g/mol. The molecule has 0 saturated heterocycles. The van der Waals surface area contributed by atoms with Crippen molar-refractivity contribution >= 4 is 0 Å². The summed E-state index contributed by atoms with van der Waals surface area (Å²) in [6, 6.07) is 21.0. The maximum absolute atomic E-state index is 5.87. The van der Waals surface area contributed by atoms with Crippen LogP contribution in [0.1, 0.15) is 31.4 Å². The van der Waals surface area contributed by atoms with Crippen molar-refractivity contribution in [3.05, 3.63) is 71.8 Å². The summed E-state index contributed by atoms with van der Waals surface area (Å²) in [5.41, 5.74) is 2.44. The fraction of sp³-hybridized carbons (Fsp3) is 0.478. The first-order valence-corrected chi connectivity index (χ1v) is 10.0. The van der Waals surface area contributed by atoms with Gasteiger partial charge >= 0.3 is 0 Å². The van der Waals surface area contributed by atoms with E-state index in [1.807, 2.05) is 36.4 Å². The number of nitrogens with zero attached hydrogens (tertiary/aromatic N) is 1. The van der Waals surface area contributed by atoms with E-state index in [9.17, 15) is 0 Å². The zero-order valence-electron chi connectivity index (χ0n) is 16.8. The van der Waals surface area contributed by atoms with Crippen LogP contribution < -0.4 is 5.32 Å². The molecule has 0 aliphatic rings. The first kappa shape index (κ1) is 21.6. The topological polar surface area (TPSA) is 33.7 Å². The molecule has 1 N–H and O–H groups in total. The van der Waals surface area contributed by atoms with Gasteiger partial charge in [0.2, 0.25) is 0 Å². The number of rotatable bonds is 14. The highest BCUT2D eigenvalue weighted by molar-refractivity contribution is 5.14. The van der Waals surface area contributed by atoms with Crippen molar-refractivity contribution in [3.8, 4) is 0 Å². The molecule has 4 nitrogen and oxygen atoms in total. The van der Waals surface area contributed by atoms with Gasteiger partial charge in [0.25, 0.3) is 0 Å². The summed E-state index contributed by atoms with van der Waals surface area (Å²) in [5.74, 6) is 0. The van der Waals surface area contributed by atoms with E-state index >= 15 is 0 Å². The summed E-state index contributed by atoms with van der Waals surface area (Å²) in [5, 5.41) is 3.61. The number of likely N-dealkylation sites (N-methyl/N-ethyl adjacent to an activating group) is 1. The van der Waals surface area contributed by atoms with E-state index in [-0.39, 0.29) is 0 Å². The zero-order valence-corrected chi connectivity index (χ0v) is 16.8. The van der Waals surface area contributed by atoms with Gasteiger partial charge in [-0.1, -0.05) is 74.5 Å². The zero-order chi connectivity index (χ0) is 19.2. The van der Waals surface area contributed by atoms with Gasteiger partial charge in [-0.15, -0.1) is 0 Å². The Kier molecular flexibility index (Phi) is 10.7. The standard InChI is InChI=1S/C23H34N2O2/c1-3-23(19-26-17-21-11-7-5-8-12-21)24-15-16-25(4-2)20-27-18-22-13-9-6-10-14-22/h5-14,23-24H,3-4,15-20H2,1-2H3. The molecule has 2 aromatic carbocycles. The van der Waals surface area contributed by atoms with E-state index in [1.165, 1.54) is 11.1 Å². The number of ether oxygens (including phenoxy) is 2. The highest BCUT2D eigenvalue weighted by atomic mass is 16.5. The molecule has 0 heterocycles. The fourth-order valence-electron chi connectivity index (χ4n) is 2.82. The molecule has 0 amide bonds. The second-order valence-electron chi connectivity index (χ2n) is 6.73. The SMILES string of the molecule is CCC(COCc1ccccc1)NCCN(CC)COCc1ccccc1. The minimum absolute atomic E-state index is 0.387. The van der Waals surface area contributed by atoms with Crippen LogP contribution in [-0.2, 0) is 22.7 Å². The lowest BCUT2D eigenvalue weighted by molar-refractivity contribution is 0.0207. The Hall–Kier alpha value is -1.72. The second kappa shape index (κ2) is 13.4. The predicted octanol–water partition coefficient (Wildman–Crippen LogP) is 4.07. The Morgan fingerprint density at radius 3 is 2.00 bits per heavy atom. The summed E-state index contributed by atoms with van der Waals surface area (Å²) < 4.78 is 11.7. The Balaban J connectivity index is 1.58. The lowest BCUT2D eigenvalue weighted by atomic mass is 10.2. The van der Waals surface area contributed by atoms with Gasteiger partial charge in [0.1, 0.15) is 0 Å².